The van der Waals surface area contributed by atoms with Gasteiger partial charge in [0.05, 0.1) is 5.41 Å². The smallest absolute Gasteiger partial charge is 0.233 e. The molecular weight excluding hydrogens is 242 g/mol. The molecule has 1 saturated carbocycles. The van der Waals surface area contributed by atoms with Crippen LogP contribution in [-0.2, 0) is 15.8 Å². The molecule has 108 valence electrons. The lowest BCUT2D eigenvalue weighted by Crippen LogP contribution is -2.31. The van der Waals surface area contributed by atoms with Crippen LogP contribution in [0.25, 0.3) is 0 Å². The lowest BCUT2D eigenvalue weighted by molar-refractivity contribution is -0.0365. The van der Waals surface area contributed by atoms with E-state index in [1.54, 1.807) is 7.11 Å². The maximum Gasteiger partial charge on any atom is 0.233 e. The Bertz CT molecular complexity index is 407. The van der Waals surface area contributed by atoms with Crippen LogP contribution in [0.4, 0.5) is 0 Å². The molecule has 0 saturated heterocycles. The van der Waals surface area contributed by atoms with Crippen molar-refractivity contribution < 1.29 is 9.26 Å². The van der Waals surface area contributed by atoms with Crippen LogP contribution in [0.3, 0.4) is 0 Å². The molecule has 5 nitrogen and oxygen atoms in total. The Morgan fingerprint density at radius 2 is 1.89 bits per heavy atom. The summed E-state index contributed by atoms with van der Waals surface area (Å²) in [6.07, 6.45) is 6.74. The van der Waals surface area contributed by atoms with E-state index in [1.807, 2.05) is 13.8 Å². The highest BCUT2D eigenvalue weighted by atomic mass is 16.5. The quantitative estimate of drug-likeness (QED) is 0.848. The molecule has 2 rings (SSSR count). The summed E-state index contributed by atoms with van der Waals surface area (Å²) < 4.78 is 11.2. The monoisotopic (exact) mass is 267 g/mol. The molecule has 0 radical (unpaired) electrons. The Hall–Kier alpha value is -0.940. The fourth-order valence-corrected chi connectivity index (χ4v) is 2.59. The van der Waals surface area contributed by atoms with E-state index >= 15 is 0 Å². The van der Waals surface area contributed by atoms with Crippen molar-refractivity contribution >= 4 is 0 Å². The second-order valence-corrected chi connectivity index (χ2v) is 6.12. The van der Waals surface area contributed by atoms with Crippen molar-refractivity contribution in [2.24, 2.45) is 5.73 Å². The molecule has 0 aliphatic heterocycles. The molecule has 1 aromatic heterocycles. The van der Waals surface area contributed by atoms with Crippen LogP contribution < -0.4 is 5.73 Å². The lowest BCUT2D eigenvalue weighted by Gasteiger charge is -2.27. The van der Waals surface area contributed by atoms with Crippen molar-refractivity contribution in [3.63, 3.8) is 0 Å². The van der Waals surface area contributed by atoms with E-state index in [4.69, 9.17) is 15.0 Å². The number of hydrogen-bond donors (Lipinski definition) is 1. The maximum absolute atomic E-state index is 5.79. The highest BCUT2D eigenvalue weighted by Gasteiger charge is 2.39. The Labute approximate surface area is 114 Å². The number of ether oxygens (including phenoxy) is 1. The van der Waals surface area contributed by atoms with Gasteiger partial charge in [-0.1, -0.05) is 30.8 Å². The minimum Gasteiger partial charge on any atom is -0.370 e. The summed E-state index contributed by atoms with van der Waals surface area (Å²) in [5, 5.41) is 4.17. The van der Waals surface area contributed by atoms with E-state index in [9.17, 15) is 0 Å². The second-order valence-electron chi connectivity index (χ2n) is 6.12. The summed E-state index contributed by atoms with van der Waals surface area (Å²) in [6, 6.07) is 0. The van der Waals surface area contributed by atoms with E-state index in [0.717, 1.165) is 25.7 Å². The fourth-order valence-electron chi connectivity index (χ4n) is 2.59. The number of rotatable bonds is 4. The van der Waals surface area contributed by atoms with Gasteiger partial charge in [0.15, 0.2) is 0 Å². The molecule has 1 aromatic rings. The van der Waals surface area contributed by atoms with Gasteiger partial charge in [-0.05, 0) is 26.7 Å². The largest absolute Gasteiger partial charge is 0.370 e. The summed E-state index contributed by atoms with van der Waals surface area (Å²) in [7, 11) is 1.75. The molecule has 1 aliphatic carbocycles. The van der Waals surface area contributed by atoms with Gasteiger partial charge in [0.1, 0.15) is 5.60 Å². The Balaban J connectivity index is 2.28. The molecule has 1 aliphatic rings. The maximum atomic E-state index is 5.79. The van der Waals surface area contributed by atoms with E-state index in [1.165, 1.54) is 12.8 Å². The zero-order chi connectivity index (χ0) is 13.9. The standard InChI is InChI=1S/C14H25N3O2/c1-13(2,10-15)12-16-11(17-19-12)14(18-3)8-6-4-5-7-9-14/h4-10,15H2,1-3H3. The minimum atomic E-state index is -0.372. The normalized spacial score (nSPS) is 20.2. The Morgan fingerprint density at radius 3 is 2.42 bits per heavy atom. The lowest BCUT2D eigenvalue weighted by atomic mass is 9.92. The number of nitrogens with two attached hydrogens (primary N) is 1. The zero-order valence-electron chi connectivity index (χ0n) is 12.2. The van der Waals surface area contributed by atoms with Crippen molar-refractivity contribution in [1.82, 2.24) is 10.1 Å². The van der Waals surface area contributed by atoms with Gasteiger partial charge < -0.3 is 15.0 Å². The first-order valence-electron chi connectivity index (χ1n) is 7.14. The molecule has 1 fully saturated rings. The molecule has 2 N–H and O–H groups in total. The third-order valence-corrected chi connectivity index (χ3v) is 4.22. The first kappa shape index (κ1) is 14.5. The summed E-state index contributed by atoms with van der Waals surface area (Å²) in [4.78, 5) is 4.58. The van der Waals surface area contributed by atoms with Crippen LogP contribution in [0.1, 0.15) is 64.1 Å². The predicted octanol–water partition coefficient (Wildman–Crippen LogP) is 2.50. The van der Waals surface area contributed by atoms with Crippen LogP contribution in [-0.4, -0.2) is 23.8 Å². The zero-order valence-corrected chi connectivity index (χ0v) is 12.2. The van der Waals surface area contributed by atoms with Crippen LogP contribution >= 0.6 is 0 Å². The molecule has 1 heterocycles. The highest BCUT2D eigenvalue weighted by molar-refractivity contribution is 5.07. The molecular formula is C14H25N3O2. The summed E-state index contributed by atoms with van der Waals surface area (Å²) in [6.45, 7) is 4.50. The topological polar surface area (TPSA) is 74.2 Å². The number of nitrogens with zero attached hydrogens (tertiary/aromatic N) is 2. The van der Waals surface area contributed by atoms with E-state index in [2.05, 4.69) is 10.1 Å². The van der Waals surface area contributed by atoms with Crippen molar-refractivity contribution in [3.05, 3.63) is 11.7 Å². The van der Waals surface area contributed by atoms with Gasteiger partial charge in [-0.25, -0.2) is 0 Å². The fraction of sp³-hybridized carbons (Fsp3) is 0.857. The van der Waals surface area contributed by atoms with Crippen molar-refractivity contribution in [2.75, 3.05) is 13.7 Å². The third-order valence-electron chi connectivity index (χ3n) is 4.22. The van der Waals surface area contributed by atoms with Gasteiger partial charge in [-0.15, -0.1) is 0 Å². The number of methoxy groups -OCH3 is 1. The first-order valence-corrected chi connectivity index (χ1v) is 7.14. The number of aromatic nitrogens is 2. The van der Waals surface area contributed by atoms with Crippen molar-refractivity contribution in [1.29, 1.82) is 0 Å². The first-order chi connectivity index (χ1) is 9.04. The third kappa shape index (κ3) is 2.82. The van der Waals surface area contributed by atoms with Gasteiger partial charge >= 0.3 is 0 Å². The van der Waals surface area contributed by atoms with Gasteiger partial charge in [-0.2, -0.15) is 4.98 Å². The summed E-state index contributed by atoms with van der Waals surface area (Å²) in [5.74, 6) is 1.29. The Morgan fingerprint density at radius 1 is 1.26 bits per heavy atom. The minimum absolute atomic E-state index is 0.287. The van der Waals surface area contributed by atoms with Crippen LogP contribution in [0.2, 0.25) is 0 Å². The van der Waals surface area contributed by atoms with Crippen LogP contribution in [0, 0.1) is 0 Å². The van der Waals surface area contributed by atoms with E-state index in [-0.39, 0.29) is 11.0 Å². The van der Waals surface area contributed by atoms with Crippen molar-refractivity contribution in [3.8, 4) is 0 Å². The molecule has 0 amide bonds. The van der Waals surface area contributed by atoms with Gasteiger partial charge in [-0.3, -0.25) is 0 Å². The molecule has 0 atom stereocenters. The molecule has 5 heteroatoms. The Kier molecular flexibility index (Phi) is 4.26. The van der Waals surface area contributed by atoms with Gasteiger partial charge in [0.25, 0.3) is 0 Å². The summed E-state index contributed by atoms with van der Waals surface area (Å²) in [5.41, 5.74) is 5.10. The molecule has 0 aromatic carbocycles. The highest BCUT2D eigenvalue weighted by Crippen LogP contribution is 2.38. The van der Waals surface area contributed by atoms with E-state index < -0.39 is 0 Å². The second kappa shape index (κ2) is 5.59. The molecule has 0 unspecified atom stereocenters. The molecule has 0 spiro atoms. The van der Waals surface area contributed by atoms with Gasteiger partial charge in [0, 0.05) is 13.7 Å². The van der Waals surface area contributed by atoms with Crippen LogP contribution in [0.5, 0.6) is 0 Å². The summed E-state index contributed by atoms with van der Waals surface area (Å²) >= 11 is 0. The van der Waals surface area contributed by atoms with Crippen molar-refractivity contribution in [2.45, 2.75) is 63.4 Å². The molecule has 19 heavy (non-hydrogen) atoms. The number of hydrogen-bond acceptors (Lipinski definition) is 5. The van der Waals surface area contributed by atoms with Gasteiger partial charge in [0.2, 0.25) is 11.7 Å². The predicted molar refractivity (Wildman–Crippen MR) is 72.8 cm³/mol. The average Bonchev–Trinajstić information content (AvgIpc) is 2.80. The van der Waals surface area contributed by atoms with Crippen LogP contribution in [0.15, 0.2) is 4.52 Å². The SMILES string of the molecule is COC1(c2noc(C(C)(C)CN)n2)CCCCCC1. The molecule has 0 bridgehead atoms. The van der Waals surface area contributed by atoms with E-state index in [0.29, 0.717) is 18.3 Å². The average molecular weight is 267 g/mol.